The summed E-state index contributed by atoms with van der Waals surface area (Å²) < 4.78 is 4.93. The Morgan fingerprint density at radius 2 is 1.79 bits per heavy atom. The maximum absolute atomic E-state index is 13.2. The lowest BCUT2D eigenvalue weighted by Gasteiger charge is -2.36. The number of benzene rings is 1. The fraction of sp³-hybridized carbons (Fsp3) is 0.455. The molecule has 6 nitrogen and oxygen atoms in total. The van der Waals surface area contributed by atoms with Crippen LogP contribution in [0.3, 0.4) is 0 Å². The summed E-state index contributed by atoms with van der Waals surface area (Å²) in [6.45, 7) is 8.87. The Bertz CT molecular complexity index is 864. The third-order valence-corrected chi connectivity index (χ3v) is 5.42. The minimum atomic E-state index is -0.388. The number of carbonyl (C=O) groups excluding carboxylic acids is 2. The number of esters is 1. The number of H-pyrrole nitrogens is 1. The van der Waals surface area contributed by atoms with Crippen LogP contribution in [0.25, 0.3) is 0 Å². The molecule has 1 aliphatic heterocycles. The summed E-state index contributed by atoms with van der Waals surface area (Å²) in [4.78, 5) is 32.8. The predicted octanol–water partition coefficient (Wildman–Crippen LogP) is 3.33. The van der Waals surface area contributed by atoms with Crippen molar-refractivity contribution in [3.63, 3.8) is 0 Å². The summed E-state index contributed by atoms with van der Waals surface area (Å²) >= 11 is 0. The molecule has 28 heavy (non-hydrogen) atoms. The minimum absolute atomic E-state index is 0.0360. The van der Waals surface area contributed by atoms with Crippen LogP contribution in [0.15, 0.2) is 24.3 Å². The lowest BCUT2D eigenvalue weighted by Crippen LogP contribution is -2.49. The van der Waals surface area contributed by atoms with E-state index >= 15 is 0 Å². The molecule has 0 saturated carbocycles. The Balaban J connectivity index is 1.78. The van der Waals surface area contributed by atoms with Gasteiger partial charge in [-0.1, -0.05) is 31.5 Å². The highest BCUT2D eigenvalue weighted by Gasteiger charge is 2.29. The summed E-state index contributed by atoms with van der Waals surface area (Å²) in [5.41, 5.74) is 4.98. The van der Waals surface area contributed by atoms with Gasteiger partial charge in [0.05, 0.1) is 12.7 Å². The molecular formula is C22H29N3O3. The zero-order valence-electron chi connectivity index (χ0n) is 17.2. The van der Waals surface area contributed by atoms with Crippen molar-refractivity contribution in [2.75, 3.05) is 38.2 Å². The van der Waals surface area contributed by atoms with Gasteiger partial charge < -0.3 is 19.5 Å². The van der Waals surface area contributed by atoms with Gasteiger partial charge in [0.1, 0.15) is 5.69 Å². The zero-order chi connectivity index (χ0) is 20.3. The molecule has 0 bridgehead atoms. The van der Waals surface area contributed by atoms with Crippen molar-refractivity contribution in [3.05, 3.63) is 52.3 Å². The molecule has 3 rings (SSSR count). The van der Waals surface area contributed by atoms with Crippen LogP contribution in [-0.4, -0.2) is 55.0 Å². The van der Waals surface area contributed by atoms with Crippen molar-refractivity contribution in [2.24, 2.45) is 0 Å². The van der Waals surface area contributed by atoms with E-state index in [0.29, 0.717) is 36.5 Å². The number of hydrogen-bond donors (Lipinski definition) is 1. The molecule has 1 aromatic heterocycles. The van der Waals surface area contributed by atoms with Gasteiger partial charge in [-0.3, -0.25) is 4.79 Å². The molecule has 1 saturated heterocycles. The van der Waals surface area contributed by atoms with E-state index in [1.165, 1.54) is 18.4 Å². The molecule has 1 N–H and O–H groups in total. The number of aromatic nitrogens is 1. The molecule has 150 valence electrons. The van der Waals surface area contributed by atoms with Gasteiger partial charge in [0.25, 0.3) is 5.91 Å². The summed E-state index contributed by atoms with van der Waals surface area (Å²) in [5.74, 6) is -0.424. The number of nitrogens with one attached hydrogen (secondary N) is 1. The van der Waals surface area contributed by atoms with Crippen LogP contribution in [-0.2, 0) is 11.2 Å². The maximum atomic E-state index is 13.2. The lowest BCUT2D eigenvalue weighted by molar-refractivity contribution is 0.0599. The Labute approximate surface area is 166 Å². The molecule has 2 aromatic rings. The second kappa shape index (κ2) is 8.50. The minimum Gasteiger partial charge on any atom is -0.465 e. The first-order valence-electron chi connectivity index (χ1n) is 9.87. The Morgan fingerprint density at radius 3 is 2.39 bits per heavy atom. The number of para-hydroxylation sites is 1. The number of aromatic amines is 1. The van der Waals surface area contributed by atoms with Crippen LogP contribution in [0.4, 0.5) is 5.69 Å². The van der Waals surface area contributed by atoms with Gasteiger partial charge >= 0.3 is 5.97 Å². The normalized spacial score (nSPS) is 14.3. The second-order valence-electron chi connectivity index (χ2n) is 7.29. The monoisotopic (exact) mass is 383 g/mol. The molecule has 1 aliphatic rings. The van der Waals surface area contributed by atoms with Gasteiger partial charge in [-0.2, -0.15) is 0 Å². The molecule has 0 aliphatic carbocycles. The largest absolute Gasteiger partial charge is 0.465 e. The third-order valence-electron chi connectivity index (χ3n) is 5.42. The third kappa shape index (κ3) is 3.77. The Morgan fingerprint density at radius 1 is 1.11 bits per heavy atom. The number of piperazine rings is 1. The molecule has 2 heterocycles. The van der Waals surface area contributed by atoms with E-state index in [1.54, 1.807) is 0 Å². The summed E-state index contributed by atoms with van der Waals surface area (Å²) in [6.07, 6.45) is 1.52. The van der Waals surface area contributed by atoms with Crippen LogP contribution in [0.5, 0.6) is 0 Å². The van der Waals surface area contributed by atoms with Crippen molar-refractivity contribution >= 4 is 17.6 Å². The molecule has 6 heteroatoms. The summed E-state index contributed by atoms with van der Waals surface area (Å²) in [5, 5.41) is 0. The van der Waals surface area contributed by atoms with Crippen LogP contribution in [0.1, 0.15) is 51.0 Å². The van der Waals surface area contributed by atoms with E-state index in [0.717, 1.165) is 25.1 Å². The number of methoxy groups -OCH3 is 1. The van der Waals surface area contributed by atoms with E-state index in [4.69, 9.17) is 4.74 Å². The van der Waals surface area contributed by atoms with Gasteiger partial charge in [-0.25, -0.2) is 4.79 Å². The molecule has 0 radical (unpaired) electrons. The average molecular weight is 383 g/mol. The fourth-order valence-corrected chi connectivity index (χ4v) is 3.96. The average Bonchev–Trinajstić information content (AvgIpc) is 3.03. The van der Waals surface area contributed by atoms with Crippen LogP contribution in [0, 0.1) is 13.8 Å². The summed E-state index contributed by atoms with van der Waals surface area (Å²) in [6, 6.07) is 8.33. The molecule has 1 aromatic carbocycles. The number of hydrogen-bond acceptors (Lipinski definition) is 4. The predicted molar refractivity (Wildman–Crippen MR) is 110 cm³/mol. The van der Waals surface area contributed by atoms with E-state index < -0.39 is 0 Å². The quantitative estimate of drug-likeness (QED) is 0.805. The number of anilines is 1. The molecular weight excluding hydrogens is 354 g/mol. The van der Waals surface area contributed by atoms with Crippen molar-refractivity contribution < 1.29 is 14.3 Å². The van der Waals surface area contributed by atoms with Gasteiger partial charge in [0.15, 0.2) is 0 Å². The van der Waals surface area contributed by atoms with Crippen molar-refractivity contribution in [2.45, 2.75) is 33.6 Å². The highest BCUT2D eigenvalue weighted by atomic mass is 16.5. The molecule has 0 unspecified atom stereocenters. The number of nitrogens with zero attached hydrogens (tertiary/aromatic N) is 2. The first kappa shape index (κ1) is 20.0. The standard InChI is InChI=1S/C22H29N3O3/c1-5-8-17-19(22(27)28-4)16(3)23-20(17)21(26)25-13-11-24(12-14-25)18-10-7-6-9-15(18)2/h6-7,9-10,23H,5,8,11-14H2,1-4H3. The number of amides is 1. The van der Waals surface area contributed by atoms with Crippen LogP contribution < -0.4 is 4.90 Å². The molecule has 0 atom stereocenters. The SMILES string of the molecule is CCCc1c(C(=O)N2CCN(c3ccccc3C)CC2)[nH]c(C)c1C(=O)OC. The topological polar surface area (TPSA) is 65.6 Å². The van der Waals surface area contributed by atoms with Crippen molar-refractivity contribution in [1.29, 1.82) is 0 Å². The Hall–Kier alpha value is -2.76. The number of ether oxygens (including phenoxy) is 1. The zero-order valence-corrected chi connectivity index (χ0v) is 17.2. The van der Waals surface area contributed by atoms with E-state index in [2.05, 4.69) is 28.9 Å². The van der Waals surface area contributed by atoms with E-state index in [1.807, 2.05) is 30.9 Å². The smallest absolute Gasteiger partial charge is 0.339 e. The van der Waals surface area contributed by atoms with Crippen molar-refractivity contribution in [1.82, 2.24) is 9.88 Å². The number of carbonyl (C=O) groups is 2. The van der Waals surface area contributed by atoms with Crippen LogP contribution in [0.2, 0.25) is 0 Å². The van der Waals surface area contributed by atoms with Gasteiger partial charge in [-0.05, 0) is 37.5 Å². The van der Waals surface area contributed by atoms with E-state index in [-0.39, 0.29) is 11.9 Å². The van der Waals surface area contributed by atoms with E-state index in [9.17, 15) is 9.59 Å². The van der Waals surface area contributed by atoms with Gasteiger partial charge in [0, 0.05) is 37.6 Å². The van der Waals surface area contributed by atoms with Crippen molar-refractivity contribution in [3.8, 4) is 0 Å². The fourth-order valence-electron chi connectivity index (χ4n) is 3.96. The first-order valence-corrected chi connectivity index (χ1v) is 9.87. The Kier molecular flexibility index (Phi) is 6.07. The highest BCUT2D eigenvalue weighted by molar-refractivity contribution is 6.00. The highest BCUT2D eigenvalue weighted by Crippen LogP contribution is 2.25. The second-order valence-corrected chi connectivity index (χ2v) is 7.29. The molecule has 0 spiro atoms. The summed E-state index contributed by atoms with van der Waals surface area (Å²) in [7, 11) is 1.37. The molecule has 1 amide bonds. The first-order chi connectivity index (χ1) is 13.5. The van der Waals surface area contributed by atoms with Crippen LogP contribution >= 0.6 is 0 Å². The molecule has 1 fully saturated rings. The lowest BCUT2D eigenvalue weighted by atomic mass is 10.0. The number of aryl methyl sites for hydroxylation is 2. The van der Waals surface area contributed by atoms with Gasteiger partial charge in [-0.15, -0.1) is 0 Å². The maximum Gasteiger partial charge on any atom is 0.339 e. The number of rotatable bonds is 5. The van der Waals surface area contributed by atoms with Gasteiger partial charge in [0.2, 0.25) is 0 Å².